The van der Waals surface area contributed by atoms with Crippen LogP contribution in [-0.2, 0) is 16.0 Å². The van der Waals surface area contributed by atoms with Crippen molar-refractivity contribution < 1.29 is 19.5 Å². The van der Waals surface area contributed by atoms with Crippen molar-refractivity contribution in [1.82, 2.24) is 10.3 Å². The monoisotopic (exact) mass is 508 g/mol. The minimum atomic E-state index is -0.935. The lowest BCUT2D eigenvalue weighted by atomic mass is 10.1. The number of pyridine rings is 1. The second-order valence-electron chi connectivity index (χ2n) is 8.30. The minimum Gasteiger partial charge on any atom is -0.388 e. The first-order chi connectivity index (χ1) is 18.5. The highest BCUT2D eigenvalue weighted by atomic mass is 16.3. The van der Waals surface area contributed by atoms with E-state index < -0.39 is 24.3 Å². The molecule has 3 rings (SSSR count). The predicted molar refractivity (Wildman–Crippen MR) is 145 cm³/mol. The molecule has 0 spiro atoms. The molecule has 1 aromatic heterocycles. The molecular formula is C30H28N4O4. The number of benzene rings is 2. The molecule has 5 N–H and O–H groups in total. The summed E-state index contributed by atoms with van der Waals surface area (Å²) in [4.78, 5) is 40.1. The lowest BCUT2D eigenvalue weighted by Crippen LogP contribution is -2.46. The number of aromatic nitrogens is 1. The number of carbonyl (C=O) groups is 3. The molecule has 3 aromatic rings. The van der Waals surface area contributed by atoms with Gasteiger partial charge in [-0.15, -0.1) is 0 Å². The third-order valence-electron chi connectivity index (χ3n) is 5.47. The number of anilines is 1. The van der Waals surface area contributed by atoms with Crippen molar-refractivity contribution in [3.8, 4) is 23.7 Å². The van der Waals surface area contributed by atoms with E-state index in [1.807, 2.05) is 30.5 Å². The van der Waals surface area contributed by atoms with E-state index in [1.165, 1.54) is 0 Å². The van der Waals surface area contributed by atoms with Gasteiger partial charge in [-0.2, -0.15) is 0 Å². The molecule has 1 heterocycles. The number of Topliss-reactive ketones (excluding diaryl/α,β-unsaturated/α-hetero) is 1. The highest BCUT2D eigenvalue weighted by Gasteiger charge is 2.18. The highest BCUT2D eigenvalue weighted by molar-refractivity contribution is 5.98. The molecule has 0 saturated carbocycles. The smallest absolute Gasteiger partial charge is 0.251 e. The summed E-state index contributed by atoms with van der Waals surface area (Å²) in [6.45, 7) is -0.787. The molecule has 0 bridgehead atoms. The molecule has 0 aliphatic rings. The summed E-state index contributed by atoms with van der Waals surface area (Å²) in [7, 11) is 0. The van der Waals surface area contributed by atoms with E-state index in [0.717, 1.165) is 24.0 Å². The van der Waals surface area contributed by atoms with E-state index in [4.69, 9.17) is 10.8 Å². The van der Waals surface area contributed by atoms with Crippen LogP contribution < -0.4 is 16.4 Å². The quantitative estimate of drug-likeness (QED) is 0.310. The minimum absolute atomic E-state index is 0.0417. The molecule has 2 aromatic carbocycles. The Hall–Kier alpha value is -4.76. The van der Waals surface area contributed by atoms with Crippen LogP contribution in [-0.4, -0.2) is 46.9 Å². The second-order valence-corrected chi connectivity index (χ2v) is 8.30. The molecule has 38 heavy (non-hydrogen) atoms. The van der Waals surface area contributed by atoms with Crippen molar-refractivity contribution in [2.24, 2.45) is 5.73 Å². The van der Waals surface area contributed by atoms with Crippen molar-refractivity contribution in [2.75, 3.05) is 18.5 Å². The maximum atomic E-state index is 12.3. The van der Waals surface area contributed by atoms with Gasteiger partial charge in [0.05, 0.1) is 0 Å². The number of amides is 2. The van der Waals surface area contributed by atoms with Crippen LogP contribution in [0.25, 0.3) is 0 Å². The topological polar surface area (TPSA) is 134 Å². The summed E-state index contributed by atoms with van der Waals surface area (Å²) in [5.74, 6) is 10.4. The van der Waals surface area contributed by atoms with Gasteiger partial charge in [-0.05, 0) is 84.8 Å². The maximum absolute atomic E-state index is 12.3. The molecule has 2 amide bonds. The number of aliphatic hydroxyl groups is 1. The van der Waals surface area contributed by atoms with Crippen LogP contribution in [0.3, 0.4) is 0 Å². The van der Waals surface area contributed by atoms with Crippen molar-refractivity contribution in [3.63, 3.8) is 0 Å². The summed E-state index contributed by atoms with van der Waals surface area (Å²) in [5, 5.41) is 14.3. The molecule has 8 heteroatoms. The fourth-order valence-electron chi connectivity index (χ4n) is 3.39. The Morgan fingerprint density at radius 3 is 2.18 bits per heavy atom. The first-order valence-electron chi connectivity index (χ1n) is 12.0. The van der Waals surface area contributed by atoms with Crippen LogP contribution >= 0.6 is 0 Å². The van der Waals surface area contributed by atoms with Crippen LogP contribution in [0.15, 0.2) is 73.1 Å². The van der Waals surface area contributed by atoms with Crippen LogP contribution in [0.2, 0.25) is 0 Å². The van der Waals surface area contributed by atoms with E-state index in [1.54, 1.807) is 42.6 Å². The number of nitrogens with two attached hydrogens (primary N) is 1. The Labute approximate surface area is 221 Å². The first-order valence-corrected chi connectivity index (χ1v) is 12.0. The summed E-state index contributed by atoms with van der Waals surface area (Å²) in [6, 6.07) is 16.7. The van der Waals surface area contributed by atoms with Gasteiger partial charge in [-0.3, -0.25) is 19.4 Å². The number of hydrogen-bond donors (Lipinski definition) is 4. The van der Waals surface area contributed by atoms with Crippen LogP contribution in [0.4, 0.5) is 5.69 Å². The van der Waals surface area contributed by atoms with Gasteiger partial charge in [0.15, 0.2) is 5.78 Å². The largest absolute Gasteiger partial charge is 0.388 e. The average molecular weight is 509 g/mol. The maximum Gasteiger partial charge on any atom is 0.251 e. The van der Waals surface area contributed by atoms with Crippen LogP contribution in [0, 0.1) is 23.7 Å². The Kier molecular flexibility index (Phi) is 10.8. The van der Waals surface area contributed by atoms with Gasteiger partial charge in [0.1, 0.15) is 12.6 Å². The second kappa shape index (κ2) is 14.7. The molecule has 1 atom stereocenters. The molecule has 192 valence electrons. The fraction of sp³-hybridized carbons (Fsp3) is 0.200. The molecule has 0 aliphatic carbocycles. The molecule has 0 radical (unpaired) electrons. The van der Waals surface area contributed by atoms with Gasteiger partial charge < -0.3 is 21.5 Å². The lowest BCUT2D eigenvalue weighted by molar-refractivity contribution is -0.123. The summed E-state index contributed by atoms with van der Waals surface area (Å²) >= 11 is 0. The number of ketones is 1. The third kappa shape index (κ3) is 9.03. The van der Waals surface area contributed by atoms with Gasteiger partial charge in [-0.25, -0.2) is 0 Å². The molecule has 0 aliphatic heterocycles. The number of rotatable bonds is 10. The van der Waals surface area contributed by atoms with Gasteiger partial charge >= 0.3 is 0 Å². The molecular weight excluding hydrogens is 480 g/mol. The first kappa shape index (κ1) is 27.8. The number of aryl methyl sites for hydroxylation is 1. The summed E-state index contributed by atoms with van der Waals surface area (Å²) in [5.41, 5.74) is 9.05. The van der Waals surface area contributed by atoms with Gasteiger partial charge in [0.25, 0.3) is 5.91 Å². The predicted octanol–water partition coefficient (Wildman–Crippen LogP) is 2.06. The van der Waals surface area contributed by atoms with Crippen molar-refractivity contribution in [1.29, 1.82) is 0 Å². The van der Waals surface area contributed by atoms with Gasteiger partial charge in [0.2, 0.25) is 5.91 Å². The van der Waals surface area contributed by atoms with Crippen molar-refractivity contribution in [2.45, 2.75) is 25.3 Å². The number of nitrogens with zero attached hydrogens (tertiary/aromatic N) is 1. The zero-order chi connectivity index (χ0) is 27.2. The zero-order valence-electron chi connectivity index (χ0n) is 20.7. The Bertz CT molecular complexity index is 1360. The summed E-state index contributed by atoms with van der Waals surface area (Å²) < 4.78 is 0. The van der Waals surface area contributed by atoms with Gasteiger partial charge in [0, 0.05) is 47.7 Å². The van der Waals surface area contributed by atoms with Crippen molar-refractivity contribution >= 4 is 23.3 Å². The standard InChI is InChI=1S/C30H28N4O4/c31-19-27(28(36)21-35)34-30(38)25-14-10-22(11-15-25)5-1-2-6-23-12-16-26(17-13-23)33-29(37)9-3-7-24-8-4-18-32-20-24/h4,8,10-18,20,27,35H,3,7,9,19,21,31H2,(H,33,37)(H,34,38)/t27-/m0/s1. The van der Waals surface area contributed by atoms with E-state index in [0.29, 0.717) is 23.2 Å². The Balaban J connectivity index is 1.47. The average Bonchev–Trinajstić information content (AvgIpc) is 2.95. The van der Waals surface area contributed by atoms with Gasteiger partial charge in [-0.1, -0.05) is 17.9 Å². The van der Waals surface area contributed by atoms with Crippen molar-refractivity contribution in [3.05, 3.63) is 95.3 Å². The summed E-state index contributed by atoms with van der Waals surface area (Å²) in [6.07, 6.45) is 5.51. The van der Waals surface area contributed by atoms with E-state index in [-0.39, 0.29) is 12.5 Å². The third-order valence-corrected chi connectivity index (χ3v) is 5.47. The lowest BCUT2D eigenvalue weighted by Gasteiger charge is -2.14. The highest BCUT2D eigenvalue weighted by Crippen LogP contribution is 2.11. The van der Waals surface area contributed by atoms with E-state index in [9.17, 15) is 14.4 Å². The Morgan fingerprint density at radius 2 is 1.61 bits per heavy atom. The fourth-order valence-corrected chi connectivity index (χ4v) is 3.39. The Morgan fingerprint density at radius 1 is 0.947 bits per heavy atom. The zero-order valence-corrected chi connectivity index (χ0v) is 20.7. The molecule has 8 nitrogen and oxygen atoms in total. The van der Waals surface area contributed by atoms with E-state index in [2.05, 4.69) is 39.3 Å². The normalized spacial score (nSPS) is 10.7. The van der Waals surface area contributed by atoms with Crippen LogP contribution in [0.1, 0.15) is 39.9 Å². The number of carbonyl (C=O) groups excluding carboxylic acids is 3. The molecule has 0 saturated heterocycles. The molecule has 0 fully saturated rings. The number of aliphatic hydroxyl groups excluding tert-OH is 1. The van der Waals surface area contributed by atoms with Crippen LogP contribution in [0.5, 0.6) is 0 Å². The van der Waals surface area contributed by atoms with E-state index >= 15 is 0 Å². The molecule has 0 unspecified atom stereocenters. The SMILES string of the molecule is NC[C@H](NC(=O)c1ccc(C#CC#Cc2ccc(NC(=O)CCCc3cccnc3)cc2)cc1)C(=O)CO. The number of nitrogens with one attached hydrogen (secondary N) is 2. The number of hydrogen-bond acceptors (Lipinski definition) is 6.